The Bertz CT molecular complexity index is 620. The molecule has 0 aliphatic carbocycles. The monoisotopic (exact) mass is 300 g/mol. The molecule has 7 heteroatoms. The quantitative estimate of drug-likeness (QED) is 0.917. The molecule has 2 heterocycles. The number of carboxylic acid groups (broad SMARTS) is 1. The molecule has 2 unspecified atom stereocenters. The predicted octanol–water partition coefficient (Wildman–Crippen LogP) is 1.67. The van der Waals surface area contributed by atoms with Crippen LogP contribution in [0.2, 0.25) is 0 Å². The van der Waals surface area contributed by atoms with Crippen molar-refractivity contribution in [3.05, 3.63) is 18.0 Å². The number of hydrogen-bond acceptors (Lipinski definition) is 3. The van der Waals surface area contributed by atoms with Crippen LogP contribution in [0.1, 0.15) is 43.6 Å². The average molecular weight is 300 g/mol. The number of aromatic carboxylic acids is 1. The van der Waals surface area contributed by atoms with E-state index >= 15 is 0 Å². The van der Waals surface area contributed by atoms with Gasteiger partial charge in [0.05, 0.1) is 0 Å². The molecule has 1 aliphatic rings. The van der Waals surface area contributed by atoms with Gasteiger partial charge in [0.15, 0.2) is 0 Å². The fourth-order valence-corrected chi connectivity index (χ4v) is 4.90. The first-order valence-electron chi connectivity index (χ1n) is 6.72. The van der Waals surface area contributed by atoms with E-state index in [1.54, 1.807) is 0 Å². The van der Waals surface area contributed by atoms with Gasteiger partial charge < -0.3 is 9.67 Å². The summed E-state index contributed by atoms with van der Waals surface area (Å²) in [5.41, 5.74) is -0.0246. The minimum absolute atomic E-state index is 0.00323. The van der Waals surface area contributed by atoms with Gasteiger partial charge in [0.25, 0.3) is 0 Å². The van der Waals surface area contributed by atoms with Crippen LogP contribution in [0.25, 0.3) is 0 Å². The van der Waals surface area contributed by atoms with E-state index in [0.29, 0.717) is 0 Å². The normalized spacial score (nSPS) is 24.1. The largest absolute Gasteiger partial charge is 0.477 e. The topological polar surface area (TPSA) is 79.6 Å². The van der Waals surface area contributed by atoms with Crippen molar-refractivity contribution in [2.24, 2.45) is 7.05 Å². The Labute approximate surface area is 119 Å². The molecule has 2 atom stereocenters. The van der Waals surface area contributed by atoms with E-state index in [9.17, 15) is 13.2 Å². The Morgan fingerprint density at radius 2 is 2.10 bits per heavy atom. The lowest BCUT2D eigenvalue weighted by Crippen LogP contribution is -2.39. The van der Waals surface area contributed by atoms with Gasteiger partial charge in [-0.25, -0.2) is 13.2 Å². The Kier molecular flexibility index (Phi) is 3.93. The standard InChI is InChI=1S/C13H20N2O4S/c1-4-10-6-5-9(2)15(10)20(18,19)11-7-12(13(16)17)14(3)8-11/h7-10H,4-6H2,1-3H3,(H,16,17). The number of aromatic nitrogens is 1. The summed E-state index contributed by atoms with van der Waals surface area (Å²) in [7, 11) is -2.10. The van der Waals surface area contributed by atoms with E-state index in [1.165, 1.54) is 28.2 Å². The number of sulfonamides is 1. The van der Waals surface area contributed by atoms with Gasteiger partial charge in [-0.15, -0.1) is 0 Å². The zero-order valence-electron chi connectivity index (χ0n) is 11.9. The Balaban J connectivity index is 2.44. The van der Waals surface area contributed by atoms with Gasteiger partial charge in [-0.2, -0.15) is 4.31 Å². The van der Waals surface area contributed by atoms with Gasteiger partial charge >= 0.3 is 5.97 Å². The third-order valence-electron chi connectivity index (χ3n) is 3.96. The molecule has 0 radical (unpaired) electrons. The first-order valence-corrected chi connectivity index (χ1v) is 8.16. The lowest BCUT2D eigenvalue weighted by atomic mass is 10.2. The number of aryl methyl sites for hydroxylation is 1. The molecule has 1 aromatic rings. The number of carboxylic acids is 1. The highest BCUT2D eigenvalue weighted by Gasteiger charge is 2.39. The molecular weight excluding hydrogens is 280 g/mol. The highest BCUT2D eigenvalue weighted by Crippen LogP contribution is 2.32. The Morgan fingerprint density at radius 1 is 1.45 bits per heavy atom. The maximum absolute atomic E-state index is 12.7. The van der Waals surface area contributed by atoms with Crippen LogP contribution in [-0.2, 0) is 17.1 Å². The van der Waals surface area contributed by atoms with Gasteiger partial charge in [0.2, 0.25) is 10.0 Å². The molecule has 6 nitrogen and oxygen atoms in total. The van der Waals surface area contributed by atoms with Crippen molar-refractivity contribution in [3.8, 4) is 0 Å². The van der Waals surface area contributed by atoms with Crippen molar-refractivity contribution in [2.75, 3.05) is 0 Å². The molecule has 1 aromatic heterocycles. The zero-order chi connectivity index (χ0) is 15.1. The molecule has 1 N–H and O–H groups in total. The molecule has 0 spiro atoms. The second kappa shape index (κ2) is 5.21. The van der Waals surface area contributed by atoms with Gasteiger partial charge in [-0.1, -0.05) is 6.92 Å². The van der Waals surface area contributed by atoms with Crippen LogP contribution in [0.4, 0.5) is 0 Å². The third kappa shape index (κ3) is 2.35. The molecule has 0 bridgehead atoms. The molecule has 0 aromatic carbocycles. The zero-order valence-corrected chi connectivity index (χ0v) is 12.7. The highest BCUT2D eigenvalue weighted by atomic mass is 32.2. The lowest BCUT2D eigenvalue weighted by Gasteiger charge is -2.26. The summed E-state index contributed by atoms with van der Waals surface area (Å²) < 4.78 is 28.3. The summed E-state index contributed by atoms with van der Waals surface area (Å²) in [4.78, 5) is 11.1. The first kappa shape index (κ1) is 15.1. The Morgan fingerprint density at radius 3 is 2.60 bits per heavy atom. The van der Waals surface area contributed by atoms with Crippen molar-refractivity contribution in [2.45, 2.75) is 50.1 Å². The van der Waals surface area contributed by atoms with Gasteiger partial charge in [0, 0.05) is 25.3 Å². The van der Waals surface area contributed by atoms with E-state index in [1.807, 2.05) is 13.8 Å². The van der Waals surface area contributed by atoms with E-state index in [0.717, 1.165) is 19.3 Å². The van der Waals surface area contributed by atoms with E-state index < -0.39 is 16.0 Å². The maximum Gasteiger partial charge on any atom is 0.352 e. The van der Waals surface area contributed by atoms with Crippen LogP contribution >= 0.6 is 0 Å². The molecule has 20 heavy (non-hydrogen) atoms. The summed E-state index contributed by atoms with van der Waals surface area (Å²) >= 11 is 0. The second-order valence-electron chi connectivity index (χ2n) is 5.30. The van der Waals surface area contributed by atoms with Crippen LogP contribution in [0.5, 0.6) is 0 Å². The molecule has 1 aliphatic heterocycles. The molecule has 1 fully saturated rings. The predicted molar refractivity (Wildman–Crippen MR) is 74.2 cm³/mol. The summed E-state index contributed by atoms with van der Waals surface area (Å²) in [6, 6.07) is 1.19. The van der Waals surface area contributed by atoms with Crippen LogP contribution in [0.15, 0.2) is 17.2 Å². The van der Waals surface area contributed by atoms with E-state index in [4.69, 9.17) is 5.11 Å². The summed E-state index contributed by atoms with van der Waals surface area (Å²) in [5.74, 6) is -1.13. The lowest BCUT2D eigenvalue weighted by molar-refractivity contribution is 0.0686. The van der Waals surface area contributed by atoms with Gasteiger partial charge in [-0.05, 0) is 32.3 Å². The maximum atomic E-state index is 12.7. The van der Waals surface area contributed by atoms with Crippen molar-refractivity contribution in [3.63, 3.8) is 0 Å². The molecule has 112 valence electrons. The van der Waals surface area contributed by atoms with Crippen molar-refractivity contribution >= 4 is 16.0 Å². The fraction of sp³-hybridized carbons (Fsp3) is 0.615. The number of carbonyl (C=O) groups is 1. The van der Waals surface area contributed by atoms with Crippen LogP contribution in [0.3, 0.4) is 0 Å². The smallest absolute Gasteiger partial charge is 0.352 e. The molecule has 0 amide bonds. The fourth-order valence-electron chi connectivity index (χ4n) is 2.87. The van der Waals surface area contributed by atoms with Gasteiger partial charge in [-0.3, -0.25) is 0 Å². The molecule has 0 saturated carbocycles. The minimum atomic E-state index is -3.64. The molecule has 1 saturated heterocycles. The first-order chi connectivity index (χ1) is 9.28. The van der Waals surface area contributed by atoms with Crippen LogP contribution in [0, 0.1) is 0 Å². The van der Waals surface area contributed by atoms with Crippen molar-refractivity contribution in [1.82, 2.24) is 8.87 Å². The number of nitrogens with zero attached hydrogens (tertiary/aromatic N) is 2. The van der Waals surface area contributed by atoms with Gasteiger partial charge in [0.1, 0.15) is 10.6 Å². The SMILES string of the molecule is CCC1CCC(C)N1S(=O)(=O)c1cc(C(=O)O)n(C)c1. The second-order valence-corrected chi connectivity index (χ2v) is 7.14. The Hall–Kier alpha value is -1.34. The summed E-state index contributed by atoms with van der Waals surface area (Å²) in [6.45, 7) is 3.87. The number of rotatable bonds is 4. The summed E-state index contributed by atoms with van der Waals surface area (Å²) in [6.07, 6.45) is 3.84. The molecular formula is C13H20N2O4S. The number of hydrogen-bond donors (Lipinski definition) is 1. The van der Waals surface area contributed by atoms with Crippen molar-refractivity contribution < 1.29 is 18.3 Å². The van der Waals surface area contributed by atoms with E-state index in [-0.39, 0.29) is 22.7 Å². The summed E-state index contributed by atoms with van der Waals surface area (Å²) in [5, 5.41) is 9.03. The average Bonchev–Trinajstić information content (AvgIpc) is 2.92. The molecule has 2 rings (SSSR count). The van der Waals surface area contributed by atoms with Crippen LogP contribution < -0.4 is 0 Å². The van der Waals surface area contributed by atoms with E-state index in [2.05, 4.69) is 0 Å². The third-order valence-corrected chi connectivity index (χ3v) is 5.99. The van der Waals surface area contributed by atoms with Crippen LogP contribution in [-0.4, -0.2) is 40.4 Å². The minimum Gasteiger partial charge on any atom is -0.477 e. The highest BCUT2D eigenvalue weighted by molar-refractivity contribution is 7.89. The van der Waals surface area contributed by atoms with Crippen molar-refractivity contribution in [1.29, 1.82) is 0 Å².